The average molecular weight is 438 g/mol. The van der Waals surface area contributed by atoms with Gasteiger partial charge >= 0.3 is 0 Å². The largest absolute Gasteiger partial charge is 0.399 e. The number of unbranched alkanes of at least 4 members (excludes halogenated alkanes) is 2. The molecule has 1 atom stereocenters. The summed E-state index contributed by atoms with van der Waals surface area (Å²) in [7, 11) is 0. The van der Waals surface area contributed by atoms with Gasteiger partial charge in [0.2, 0.25) is 5.91 Å². The van der Waals surface area contributed by atoms with Gasteiger partial charge in [-0.25, -0.2) is 0 Å². The molecule has 0 fully saturated rings. The summed E-state index contributed by atoms with van der Waals surface area (Å²) in [6.45, 7) is 2.19. The van der Waals surface area contributed by atoms with Crippen LogP contribution in [0.4, 0.5) is 11.4 Å². The molecule has 1 heterocycles. The Kier molecular flexibility index (Phi) is 7.04. The maximum atomic E-state index is 14.2. The van der Waals surface area contributed by atoms with Crippen molar-refractivity contribution in [3.63, 3.8) is 0 Å². The van der Waals surface area contributed by atoms with Gasteiger partial charge in [-0.1, -0.05) is 86.8 Å². The fourth-order valence-corrected chi connectivity index (χ4v) is 4.52. The van der Waals surface area contributed by atoms with Crippen molar-refractivity contribution in [1.29, 1.82) is 0 Å². The van der Waals surface area contributed by atoms with Crippen LogP contribution in [0.2, 0.25) is 0 Å². The second-order valence-electron chi connectivity index (χ2n) is 8.66. The van der Waals surface area contributed by atoms with E-state index in [2.05, 4.69) is 29.4 Å². The van der Waals surface area contributed by atoms with Crippen LogP contribution in [-0.2, 0) is 16.6 Å². The Bertz CT molecular complexity index is 1200. The van der Waals surface area contributed by atoms with Crippen molar-refractivity contribution in [2.45, 2.75) is 44.4 Å². The van der Waals surface area contributed by atoms with Gasteiger partial charge < -0.3 is 11.1 Å². The van der Waals surface area contributed by atoms with Crippen LogP contribution in [0, 0.1) is 0 Å². The number of carbonyl (C=O) groups is 1. The monoisotopic (exact) mass is 437 g/mol. The lowest BCUT2D eigenvalue weighted by atomic mass is 9.71. The van der Waals surface area contributed by atoms with Crippen molar-refractivity contribution in [2.24, 2.45) is 0 Å². The van der Waals surface area contributed by atoms with E-state index < -0.39 is 5.41 Å². The van der Waals surface area contributed by atoms with Crippen LogP contribution in [-0.4, -0.2) is 10.9 Å². The molecule has 0 aliphatic rings. The number of pyridine rings is 1. The van der Waals surface area contributed by atoms with E-state index in [4.69, 9.17) is 5.73 Å². The van der Waals surface area contributed by atoms with Crippen LogP contribution in [0.3, 0.4) is 0 Å². The molecule has 3 aromatic carbocycles. The maximum absolute atomic E-state index is 14.2. The highest BCUT2D eigenvalue weighted by molar-refractivity contribution is 6.04. The number of nitrogens with two attached hydrogens (primary N) is 1. The van der Waals surface area contributed by atoms with Gasteiger partial charge in [0.05, 0.1) is 16.6 Å². The van der Waals surface area contributed by atoms with Crippen LogP contribution in [0.25, 0.3) is 10.9 Å². The van der Waals surface area contributed by atoms with E-state index in [-0.39, 0.29) is 5.91 Å². The zero-order chi connectivity index (χ0) is 23.1. The summed E-state index contributed by atoms with van der Waals surface area (Å²) in [5, 5.41) is 4.26. The van der Waals surface area contributed by atoms with Gasteiger partial charge in [-0.2, -0.15) is 0 Å². The summed E-state index contributed by atoms with van der Waals surface area (Å²) >= 11 is 0. The molecule has 4 rings (SSSR count). The zero-order valence-electron chi connectivity index (χ0n) is 19.1. The minimum absolute atomic E-state index is 0.000203. The van der Waals surface area contributed by atoms with Crippen molar-refractivity contribution < 1.29 is 4.79 Å². The Morgan fingerprint density at radius 3 is 2.42 bits per heavy atom. The number of nitrogens with one attached hydrogen (secondary N) is 1. The van der Waals surface area contributed by atoms with E-state index in [0.717, 1.165) is 59.1 Å². The Hall–Kier alpha value is -3.66. The van der Waals surface area contributed by atoms with Crippen molar-refractivity contribution in [3.05, 3.63) is 102 Å². The molecule has 1 unspecified atom stereocenters. The number of anilines is 2. The van der Waals surface area contributed by atoms with E-state index in [0.29, 0.717) is 6.42 Å². The topological polar surface area (TPSA) is 68.0 Å². The van der Waals surface area contributed by atoms with E-state index in [1.807, 2.05) is 72.8 Å². The number of amides is 1. The summed E-state index contributed by atoms with van der Waals surface area (Å²) in [4.78, 5) is 18.7. The zero-order valence-corrected chi connectivity index (χ0v) is 19.1. The molecule has 0 bridgehead atoms. The van der Waals surface area contributed by atoms with Crippen LogP contribution >= 0.6 is 0 Å². The Labute approximate surface area is 195 Å². The molecule has 0 aliphatic heterocycles. The number of carbonyl (C=O) groups excluding carboxylic acids is 1. The molecule has 0 radical (unpaired) electrons. The van der Waals surface area contributed by atoms with Gasteiger partial charge in [0.15, 0.2) is 0 Å². The van der Waals surface area contributed by atoms with Gasteiger partial charge in [0.1, 0.15) is 0 Å². The van der Waals surface area contributed by atoms with Crippen molar-refractivity contribution in [2.75, 3.05) is 11.1 Å². The van der Waals surface area contributed by atoms with E-state index in [1.165, 1.54) is 0 Å². The SMILES string of the molecule is CCCCCC(Cc1ccc(N)cc1)(C(=O)Nc1cccc2cccnc12)c1ccccc1. The van der Waals surface area contributed by atoms with Crippen LogP contribution < -0.4 is 11.1 Å². The van der Waals surface area contributed by atoms with Crippen LogP contribution in [0.5, 0.6) is 0 Å². The summed E-state index contributed by atoms with van der Waals surface area (Å²) in [5.41, 5.74) is 9.62. The molecule has 1 amide bonds. The molecule has 33 heavy (non-hydrogen) atoms. The average Bonchev–Trinajstić information content (AvgIpc) is 2.85. The predicted molar refractivity (Wildman–Crippen MR) is 137 cm³/mol. The molecular formula is C29H31N3O. The highest BCUT2D eigenvalue weighted by Gasteiger charge is 2.40. The quantitative estimate of drug-likeness (QED) is 0.231. The summed E-state index contributed by atoms with van der Waals surface area (Å²) in [6, 6.07) is 27.9. The van der Waals surface area contributed by atoms with Crippen molar-refractivity contribution in [1.82, 2.24) is 4.98 Å². The van der Waals surface area contributed by atoms with Gasteiger partial charge in [0, 0.05) is 17.3 Å². The highest BCUT2D eigenvalue weighted by Crippen LogP contribution is 2.36. The number of nitrogen functional groups attached to an aromatic ring is 1. The van der Waals surface area contributed by atoms with E-state index in [1.54, 1.807) is 6.20 Å². The number of para-hydroxylation sites is 1. The normalized spacial score (nSPS) is 12.9. The third kappa shape index (κ3) is 5.06. The molecule has 4 aromatic rings. The van der Waals surface area contributed by atoms with Crippen molar-refractivity contribution in [3.8, 4) is 0 Å². The second-order valence-corrected chi connectivity index (χ2v) is 8.66. The van der Waals surface area contributed by atoms with Gasteiger partial charge in [-0.15, -0.1) is 0 Å². The highest BCUT2D eigenvalue weighted by atomic mass is 16.2. The fraction of sp³-hybridized carbons (Fsp3) is 0.241. The number of hydrogen-bond acceptors (Lipinski definition) is 3. The summed E-state index contributed by atoms with van der Waals surface area (Å²) in [5.74, 6) is -0.000203. The molecule has 0 aliphatic carbocycles. The minimum Gasteiger partial charge on any atom is -0.399 e. The Morgan fingerprint density at radius 1 is 0.909 bits per heavy atom. The fourth-order valence-electron chi connectivity index (χ4n) is 4.52. The first-order valence-electron chi connectivity index (χ1n) is 11.7. The second kappa shape index (κ2) is 10.3. The molecule has 4 heteroatoms. The number of benzene rings is 3. The lowest BCUT2D eigenvalue weighted by Gasteiger charge is -2.34. The molecule has 1 aromatic heterocycles. The number of fused-ring (bicyclic) bond motifs is 1. The molecule has 4 nitrogen and oxygen atoms in total. The summed E-state index contributed by atoms with van der Waals surface area (Å²) < 4.78 is 0. The number of rotatable bonds is 9. The molecular weight excluding hydrogens is 406 g/mol. The molecule has 168 valence electrons. The molecule has 0 saturated heterocycles. The standard InChI is InChI=1S/C29H31N3O/c1-2-3-7-19-29(24-12-5-4-6-13-24,21-22-15-17-25(30)18-16-22)28(33)32-26-14-8-10-23-11-9-20-31-27(23)26/h4-6,8-18,20H,2-3,7,19,21,30H2,1H3,(H,32,33). The Balaban J connectivity index is 1.78. The third-order valence-electron chi connectivity index (χ3n) is 6.33. The minimum atomic E-state index is -0.705. The van der Waals surface area contributed by atoms with E-state index in [9.17, 15) is 4.79 Å². The molecule has 3 N–H and O–H groups in total. The van der Waals surface area contributed by atoms with Crippen molar-refractivity contribution >= 4 is 28.2 Å². The van der Waals surface area contributed by atoms with Crippen LogP contribution in [0.1, 0.15) is 43.7 Å². The van der Waals surface area contributed by atoms with E-state index >= 15 is 0 Å². The number of nitrogens with zero attached hydrogens (tertiary/aromatic N) is 1. The summed E-state index contributed by atoms with van der Waals surface area (Å²) in [6.07, 6.45) is 6.28. The number of hydrogen-bond donors (Lipinski definition) is 2. The smallest absolute Gasteiger partial charge is 0.235 e. The van der Waals surface area contributed by atoms with Gasteiger partial charge in [-0.05, 0) is 48.2 Å². The van der Waals surface area contributed by atoms with Crippen LogP contribution in [0.15, 0.2) is 91.1 Å². The van der Waals surface area contributed by atoms with Gasteiger partial charge in [-0.3, -0.25) is 9.78 Å². The lowest BCUT2D eigenvalue weighted by Crippen LogP contribution is -2.42. The first-order valence-corrected chi connectivity index (χ1v) is 11.7. The Morgan fingerprint density at radius 2 is 1.67 bits per heavy atom. The molecule has 0 saturated carbocycles. The first kappa shape index (κ1) is 22.5. The third-order valence-corrected chi connectivity index (χ3v) is 6.33. The number of aromatic nitrogens is 1. The van der Waals surface area contributed by atoms with Gasteiger partial charge in [0.25, 0.3) is 0 Å². The first-order chi connectivity index (χ1) is 16.1. The molecule has 0 spiro atoms. The lowest BCUT2D eigenvalue weighted by molar-refractivity contribution is -0.122. The maximum Gasteiger partial charge on any atom is 0.235 e. The predicted octanol–water partition coefficient (Wildman–Crippen LogP) is 6.52.